The van der Waals surface area contributed by atoms with E-state index in [0.717, 1.165) is 45.6 Å². The van der Waals surface area contributed by atoms with E-state index in [9.17, 15) is 14.3 Å². The van der Waals surface area contributed by atoms with Crippen LogP contribution in [0, 0.1) is 5.82 Å². The lowest BCUT2D eigenvalue weighted by Gasteiger charge is -2.32. The minimum atomic E-state index is -0.454. The predicted molar refractivity (Wildman–Crippen MR) is 125 cm³/mol. The Morgan fingerprint density at radius 2 is 1.91 bits per heavy atom. The fourth-order valence-electron chi connectivity index (χ4n) is 4.05. The number of rotatable bonds is 8. The fraction of sp³-hybridized carbons (Fsp3) is 0.400. The van der Waals surface area contributed by atoms with Crippen LogP contribution in [0.5, 0.6) is 17.2 Å². The number of aromatic hydroxyl groups is 1. The highest BCUT2D eigenvalue weighted by Crippen LogP contribution is 2.41. The van der Waals surface area contributed by atoms with Gasteiger partial charge in [0.2, 0.25) is 5.75 Å². The first-order valence-electron chi connectivity index (χ1n) is 11.1. The van der Waals surface area contributed by atoms with Crippen molar-refractivity contribution in [1.82, 2.24) is 9.80 Å². The monoisotopic (exact) mass is 456 g/mol. The van der Waals surface area contributed by atoms with Crippen molar-refractivity contribution in [3.63, 3.8) is 0 Å². The van der Waals surface area contributed by atoms with Crippen LogP contribution in [0.3, 0.4) is 0 Å². The van der Waals surface area contributed by atoms with Crippen LogP contribution in [0.2, 0.25) is 0 Å². The van der Waals surface area contributed by atoms with Gasteiger partial charge in [0.25, 0.3) is 0 Å². The predicted octanol–water partition coefficient (Wildman–Crippen LogP) is 3.72. The highest BCUT2D eigenvalue weighted by molar-refractivity contribution is 5.91. The van der Waals surface area contributed by atoms with E-state index >= 15 is 0 Å². The van der Waals surface area contributed by atoms with Gasteiger partial charge in [0, 0.05) is 43.9 Å². The van der Waals surface area contributed by atoms with Gasteiger partial charge in [-0.25, -0.2) is 4.39 Å². The van der Waals surface area contributed by atoms with Crippen molar-refractivity contribution < 1.29 is 23.4 Å². The molecule has 1 aliphatic rings. The lowest BCUT2D eigenvalue weighted by Crippen LogP contribution is -2.44. The molecule has 4 rings (SSSR count). The van der Waals surface area contributed by atoms with E-state index < -0.39 is 11.2 Å². The fourth-order valence-corrected chi connectivity index (χ4v) is 4.05. The molecule has 33 heavy (non-hydrogen) atoms. The zero-order valence-corrected chi connectivity index (χ0v) is 19.0. The topological polar surface area (TPSA) is 75.4 Å². The molecule has 1 aromatic heterocycles. The van der Waals surface area contributed by atoms with Gasteiger partial charge in [0.15, 0.2) is 16.8 Å². The quantitative estimate of drug-likeness (QED) is 0.518. The second-order valence-electron chi connectivity index (χ2n) is 8.32. The molecule has 0 atom stereocenters. The molecule has 0 radical (unpaired) electrons. The second kappa shape index (κ2) is 10.2. The van der Waals surface area contributed by atoms with Gasteiger partial charge in [-0.3, -0.25) is 4.79 Å². The van der Waals surface area contributed by atoms with Crippen LogP contribution in [0.15, 0.2) is 45.6 Å². The Hall–Kier alpha value is -3.10. The zero-order chi connectivity index (χ0) is 23.4. The van der Waals surface area contributed by atoms with E-state index in [2.05, 4.69) is 16.8 Å². The van der Waals surface area contributed by atoms with Gasteiger partial charge in [-0.2, -0.15) is 0 Å². The normalized spacial score (nSPS) is 15.1. The van der Waals surface area contributed by atoms with Gasteiger partial charge < -0.3 is 28.8 Å². The average molecular weight is 457 g/mol. The maximum atomic E-state index is 13.7. The van der Waals surface area contributed by atoms with Crippen LogP contribution in [0.25, 0.3) is 22.3 Å². The number of halogens is 1. The number of likely N-dealkylation sites (N-methyl/N-ethyl adjacent to an activating group) is 1. The van der Waals surface area contributed by atoms with Crippen LogP contribution in [0.1, 0.15) is 12.8 Å². The number of nitrogens with zero attached hydrogens (tertiary/aromatic N) is 2. The summed E-state index contributed by atoms with van der Waals surface area (Å²) in [6, 6.07) is 8.36. The number of methoxy groups -OCH3 is 1. The van der Waals surface area contributed by atoms with Crippen LogP contribution in [-0.4, -0.2) is 68.4 Å². The Labute approximate surface area is 191 Å². The third-order valence-electron chi connectivity index (χ3n) is 5.94. The molecule has 1 fully saturated rings. The molecule has 0 bridgehead atoms. The Morgan fingerprint density at radius 1 is 1.12 bits per heavy atom. The number of fused-ring (bicyclic) bond motifs is 1. The van der Waals surface area contributed by atoms with Crippen molar-refractivity contribution in [3.8, 4) is 28.6 Å². The second-order valence-corrected chi connectivity index (χ2v) is 8.32. The van der Waals surface area contributed by atoms with Gasteiger partial charge in [-0.05, 0) is 38.6 Å². The van der Waals surface area contributed by atoms with Crippen molar-refractivity contribution >= 4 is 11.0 Å². The summed E-state index contributed by atoms with van der Waals surface area (Å²) in [6.07, 6.45) is 1.83. The van der Waals surface area contributed by atoms with Gasteiger partial charge in [0.1, 0.15) is 22.7 Å². The Balaban J connectivity index is 1.51. The zero-order valence-electron chi connectivity index (χ0n) is 19.0. The molecule has 3 aromatic rings. The van der Waals surface area contributed by atoms with E-state index in [1.54, 1.807) is 6.07 Å². The molecule has 176 valence electrons. The van der Waals surface area contributed by atoms with E-state index in [4.69, 9.17) is 13.9 Å². The molecular weight excluding hydrogens is 427 g/mol. The van der Waals surface area contributed by atoms with E-state index in [1.807, 2.05) is 0 Å². The summed E-state index contributed by atoms with van der Waals surface area (Å²) < 4.78 is 31.0. The lowest BCUT2D eigenvalue weighted by molar-refractivity contribution is 0.149. The number of hydrogen-bond donors (Lipinski definition) is 1. The molecule has 8 heteroatoms. The number of phenols is 1. The molecule has 2 heterocycles. The van der Waals surface area contributed by atoms with Gasteiger partial charge in [0.05, 0.1) is 13.7 Å². The third kappa shape index (κ3) is 5.29. The van der Waals surface area contributed by atoms with Crippen LogP contribution in [-0.2, 0) is 0 Å². The molecule has 2 aromatic carbocycles. The van der Waals surface area contributed by atoms with Crippen molar-refractivity contribution in [2.24, 2.45) is 0 Å². The molecule has 0 saturated carbocycles. The van der Waals surface area contributed by atoms with Crippen molar-refractivity contribution in [1.29, 1.82) is 0 Å². The molecule has 0 unspecified atom stereocenters. The summed E-state index contributed by atoms with van der Waals surface area (Å²) in [5.41, 5.74) is 0.0208. The molecule has 1 aliphatic heterocycles. The minimum absolute atomic E-state index is 0.00517. The van der Waals surface area contributed by atoms with E-state index in [-0.39, 0.29) is 28.2 Å². The average Bonchev–Trinajstić information content (AvgIpc) is 2.79. The molecule has 1 saturated heterocycles. The van der Waals surface area contributed by atoms with Gasteiger partial charge in [-0.1, -0.05) is 12.1 Å². The summed E-state index contributed by atoms with van der Waals surface area (Å²) in [7, 11) is 3.58. The van der Waals surface area contributed by atoms with E-state index in [1.165, 1.54) is 37.4 Å². The highest BCUT2D eigenvalue weighted by atomic mass is 19.1. The summed E-state index contributed by atoms with van der Waals surface area (Å²) in [6.45, 7) is 5.79. The summed E-state index contributed by atoms with van der Waals surface area (Å²) in [5, 5.41) is 10.5. The Kier molecular flexibility index (Phi) is 7.15. The van der Waals surface area contributed by atoms with Crippen molar-refractivity contribution in [3.05, 3.63) is 52.4 Å². The van der Waals surface area contributed by atoms with Crippen LogP contribution >= 0.6 is 0 Å². The third-order valence-corrected chi connectivity index (χ3v) is 5.94. The number of piperazine rings is 1. The largest absolute Gasteiger partial charge is 0.507 e. The maximum Gasteiger partial charge on any atom is 0.205 e. The number of phenolic OH excluding ortho intramolecular Hbond substituents is 1. The molecule has 0 amide bonds. The van der Waals surface area contributed by atoms with E-state index in [0.29, 0.717) is 17.9 Å². The van der Waals surface area contributed by atoms with Crippen LogP contribution in [0.4, 0.5) is 4.39 Å². The van der Waals surface area contributed by atoms with Crippen molar-refractivity contribution in [2.75, 3.05) is 53.5 Å². The van der Waals surface area contributed by atoms with Gasteiger partial charge in [-0.15, -0.1) is 0 Å². The molecular formula is C25H29FN2O5. The maximum absolute atomic E-state index is 13.7. The smallest absolute Gasteiger partial charge is 0.205 e. The van der Waals surface area contributed by atoms with Crippen LogP contribution < -0.4 is 14.9 Å². The number of hydrogen-bond acceptors (Lipinski definition) is 7. The summed E-state index contributed by atoms with van der Waals surface area (Å²) in [5.74, 6) is -0.00983. The summed E-state index contributed by atoms with van der Waals surface area (Å²) >= 11 is 0. The number of unbranched alkanes of at least 4 members (excludes halogenated alkanes) is 1. The summed E-state index contributed by atoms with van der Waals surface area (Å²) in [4.78, 5) is 17.5. The first-order chi connectivity index (χ1) is 16.0. The van der Waals surface area contributed by atoms with Crippen molar-refractivity contribution in [2.45, 2.75) is 12.8 Å². The standard InChI is InChI=1S/C25H29FN2O5/c1-27-9-11-28(12-10-27)8-3-4-13-32-22-16-20(30)23-19(29)15-21(33-25(23)24(22)31-2)17-6-5-7-18(26)14-17/h5-7,14-16,30H,3-4,8-13H2,1-2H3. The first kappa shape index (κ1) is 23.1. The number of ether oxygens (including phenoxy) is 2. The molecule has 0 aliphatic carbocycles. The Bertz CT molecular complexity index is 1170. The number of benzene rings is 2. The molecule has 1 N–H and O–H groups in total. The minimum Gasteiger partial charge on any atom is -0.507 e. The molecule has 7 nitrogen and oxygen atoms in total. The molecule has 0 spiro atoms. The SMILES string of the molecule is COc1c(OCCCCN2CCN(C)CC2)cc(O)c2c(=O)cc(-c3cccc(F)c3)oc12. The Morgan fingerprint density at radius 3 is 2.64 bits per heavy atom. The lowest BCUT2D eigenvalue weighted by atomic mass is 10.1. The van der Waals surface area contributed by atoms with Gasteiger partial charge >= 0.3 is 0 Å². The highest BCUT2D eigenvalue weighted by Gasteiger charge is 2.20. The first-order valence-corrected chi connectivity index (χ1v) is 11.1.